The van der Waals surface area contributed by atoms with Gasteiger partial charge in [0.15, 0.2) is 0 Å². The van der Waals surface area contributed by atoms with Crippen LogP contribution in [0, 0.1) is 0 Å². The first-order valence-corrected chi connectivity index (χ1v) is 6.09. The smallest absolute Gasteiger partial charge is 0.0702 e. The van der Waals surface area contributed by atoms with E-state index in [9.17, 15) is 5.11 Å². The molecule has 0 saturated heterocycles. The van der Waals surface area contributed by atoms with Crippen molar-refractivity contribution in [2.45, 2.75) is 13.2 Å². The number of hydrogen-bond acceptors (Lipinski definition) is 3. The van der Waals surface area contributed by atoms with Crippen LogP contribution in [0.15, 0.2) is 42.6 Å². The van der Waals surface area contributed by atoms with Crippen LogP contribution in [-0.4, -0.2) is 17.1 Å². The van der Waals surface area contributed by atoms with Crippen molar-refractivity contribution in [2.24, 2.45) is 0 Å². The number of aliphatic hydroxyl groups is 1. The van der Waals surface area contributed by atoms with E-state index in [1.165, 1.54) is 0 Å². The van der Waals surface area contributed by atoms with E-state index in [4.69, 9.17) is 11.6 Å². The Kier molecular flexibility index (Phi) is 4.18. The zero-order valence-corrected chi connectivity index (χ0v) is 10.9. The van der Waals surface area contributed by atoms with E-state index < -0.39 is 0 Å². The first-order chi connectivity index (χ1) is 8.70. The molecule has 0 saturated carbocycles. The molecule has 1 heterocycles. The quantitative estimate of drug-likeness (QED) is 0.921. The monoisotopic (exact) mass is 262 g/mol. The fourth-order valence-corrected chi connectivity index (χ4v) is 2.07. The van der Waals surface area contributed by atoms with Crippen LogP contribution in [0.25, 0.3) is 0 Å². The summed E-state index contributed by atoms with van der Waals surface area (Å²) in [6.07, 6.45) is 1.78. The second kappa shape index (κ2) is 5.85. The molecule has 0 bridgehead atoms. The fraction of sp³-hybridized carbons (Fsp3) is 0.214. The Hall–Kier alpha value is -1.58. The second-order valence-electron chi connectivity index (χ2n) is 4.11. The molecular weight excluding hydrogens is 248 g/mol. The highest BCUT2D eigenvalue weighted by Gasteiger charge is 2.08. The number of benzene rings is 1. The fourth-order valence-electron chi connectivity index (χ4n) is 1.87. The summed E-state index contributed by atoms with van der Waals surface area (Å²) in [5.41, 5.74) is 2.77. The molecule has 0 aliphatic rings. The van der Waals surface area contributed by atoms with Crippen molar-refractivity contribution < 1.29 is 5.11 Å². The zero-order valence-electron chi connectivity index (χ0n) is 10.2. The molecule has 0 radical (unpaired) electrons. The van der Waals surface area contributed by atoms with Crippen LogP contribution in [0.5, 0.6) is 0 Å². The maximum absolute atomic E-state index is 9.36. The van der Waals surface area contributed by atoms with Crippen LogP contribution in [0.1, 0.15) is 11.3 Å². The Balaban J connectivity index is 2.21. The van der Waals surface area contributed by atoms with Gasteiger partial charge in [0, 0.05) is 29.5 Å². The lowest BCUT2D eigenvalue weighted by molar-refractivity contribution is 0.282. The summed E-state index contributed by atoms with van der Waals surface area (Å²) < 4.78 is 0. The van der Waals surface area contributed by atoms with Gasteiger partial charge in [-0.1, -0.05) is 17.7 Å². The van der Waals surface area contributed by atoms with Gasteiger partial charge in [-0.2, -0.15) is 0 Å². The molecule has 2 rings (SSSR count). The van der Waals surface area contributed by atoms with Gasteiger partial charge in [-0.05, 0) is 30.3 Å². The molecule has 18 heavy (non-hydrogen) atoms. The van der Waals surface area contributed by atoms with Gasteiger partial charge in [-0.15, -0.1) is 0 Å². The van der Waals surface area contributed by atoms with Crippen LogP contribution in [0.4, 0.5) is 5.69 Å². The molecule has 0 fully saturated rings. The number of halogens is 1. The molecule has 1 aromatic heterocycles. The second-order valence-corrected chi connectivity index (χ2v) is 4.54. The Bertz CT molecular complexity index is 516. The average Bonchev–Trinajstić information content (AvgIpc) is 2.39. The molecule has 0 unspecified atom stereocenters. The van der Waals surface area contributed by atoms with Crippen molar-refractivity contribution >= 4 is 17.3 Å². The van der Waals surface area contributed by atoms with Gasteiger partial charge in [-0.3, -0.25) is 4.98 Å². The van der Waals surface area contributed by atoms with Gasteiger partial charge in [-0.25, -0.2) is 0 Å². The third kappa shape index (κ3) is 3.00. The molecule has 0 aliphatic carbocycles. The molecule has 0 atom stereocenters. The van der Waals surface area contributed by atoms with Crippen molar-refractivity contribution in [2.75, 3.05) is 11.9 Å². The molecule has 4 heteroatoms. The number of pyridine rings is 1. The van der Waals surface area contributed by atoms with Crippen LogP contribution in [0.3, 0.4) is 0 Å². The van der Waals surface area contributed by atoms with Crippen molar-refractivity contribution in [3.63, 3.8) is 0 Å². The van der Waals surface area contributed by atoms with Crippen molar-refractivity contribution in [3.8, 4) is 0 Å². The Morgan fingerprint density at radius 1 is 1.28 bits per heavy atom. The van der Waals surface area contributed by atoms with E-state index in [-0.39, 0.29) is 6.61 Å². The number of aliphatic hydroxyl groups excluding tert-OH is 1. The van der Waals surface area contributed by atoms with Crippen molar-refractivity contribution in [3.05, 3.63) is 58.9 Å². The van der Waals surface area contributed by atoms with Gasteiger partial charge >= 0.3 is 0 Å². The minimum atomic E-state index is -0.0253. The summed E-state index contributed by atoms with van der Waals surface area (Å²) in [6.45, 7) is 0.665. The molecule has 0 spiro atoms. The third-order valence-corrected chi connectivity index (χ3v) is 2.98. The molecule has 0 amide bonds. The minimum absolute atomic E-state index is 0.0253. The van der Waals surface area contributed by atoms with Crippen LogP contribution < -0.4 is 4.90 Å². The van der Waals surface area contributed by atoms with E-state index >= 15 is 0 Å². The van der Waals surface area contributed by atoms with E-state index in [1.807, 2.05) is 42.3 Å². The predicted octanol–water partition coefficient (Wildman–Crippen LogP) is 2.86. The molecule has 1 aromatic carbocycles. The van der Waals surface area contributed by atoms with Crippen molar-refractivity contribution in [1.29, 1.82) is 0 Å². The Labute approximate surface area is 112 Å². The largest absolute Gasteiger partial charge is 0.392 e. The zero-order chi connectivity index (χ0) is 13.0. The number of anilines is 1. The maximum Gasteiger partial charge on any atom is 0.0702 e. The number of nitrogens with zero attached hydrogens (tertiary/aromatic N) is 2. The Morgan fingerprint density at radius 3 is 2.78 bits per heavy atom. The highest BCUT2D eigenvalue weighted by atomic mass is 35.5. The van der Waals surface area contributed by atoms with Crippen LogP contribution in [-0.2, 0) is 13.2 Å². The lowest BCUT2D eigenvalue weighted by atomic mass is 10.1. The summed E-state index contributed by atoms with van der Waals surface area (Å²) >= 11 is 5.92. The molecule has 3 nitrogen and oxygen atoms in total. The van der Waals surface area contributed by atoms with E-state index in [1.54, 1.807) is 12.3 Å². The summed E-state index contributed by atoms with van der Waals surface area (Å²) in [4.78, 5) is 6.33. The normalized spacial score (nSPS) is 10.4. The lowest BCUT2D eigenvalue weighted by Crippen LogP contribution is -2.18. The summed E-state index contributed by atoms with van der Waals surface area (Å²) in [7, 11) is 1.97. The Morgan fingerprint density at radius 2 is 2.11 bits per heavy atom. The summed E-state index contributed by atoms with van der Waals surface area (Å²) in [5.74, 6) is 0. The van der Waals surface area contributed by atoms with E-state index in [0.717, 1.165) is 16.9 Å². The lowest BCUT2D eigenvalue weighted by Gasteiger charge is -2.21. The minimum Gasteiger partial charge on any atom is -0.392 e. The summed E-state index contributed by atoms with van der Waals surface area (Å²) in [6, 6.07) is 11.4. The molecular formula is C14H15ClN2O. The third-order valence-electron chi connectivity index (χ3n) is 2.75. The topological polar surface area (TPSA) is 36.4 Å². The highest BCUT2D eigenvalue weighted by molar-refractivity contribution is 6.30. The van der Waals surface area contributed by atoms with Gasteiger partial charge < -0.3 is 10.0 Å². The molecule has 2 aromatic rings. The van der Waals surface area contributed by atoms with Crippen molar-refractivity contribution in [1.82, 2.24) is 4.98 Å². The van der Waals surface area contributed by atoms with Gasteiger partial charge in [0.2, 0.25) is 0 Å². The first kappa shape index (κ1) is 12.9. The van der Waals surface area contributed by atoms with Gasteiger partial charge in [0.05, 0.1) is 18.8 Å². The standard InChI is InChI=1S/C14H15ClN2O/c1-17(9-13-4-2-3-7-16-13)14-6-5-12(15)8-11(14)10-18/h2-8,18H,9-10H2,1H3. The van der Waals surface area contributed by atoms with Crippen LogP contribution >= 0.6 is 11.6 Å². The predicted molar refractivity (Wildman–Crippen MR) is 73.7 cm³/mol. The van der Waals surface area contributed by atoms with E-state index in [0.29, 0.717) is 11.6 Å². The summed E-state index contributed by atoms with van der Waals surface area (Å²) in [5, 5.41) is 9.99. The molecule has 0 aliphatic heterocycles. The van der Waals surface area contributed by atoms with E-state index in [2.05, 4.69) is 4.98 Å². The highest BCUT2D eigenvalue weighted by Crippen LogP contribution is 2.24. The number of rotatable bonds is 4. The number of hydrogen-bond donors (Lipinski definition) is 1. The SMILES string of the molecule is CN(Cc1ccccn1)c1ccc(Cl)cc1CO. The maximum atomic E-state index is 9.36. The number of aromatic nitrogens is 1. The first-order valence-electron chi connectivity index (χ1n) is 5.71. The molecule has 94 valence electrons. The molecule has 1 N–H and O–H groups in total. The van der Waals surface area contributed by atoms with Crippen LogP contribution in [0.2, 0.25) is 5.02 Å². The van der Waals surface area contributed by atoms with Gasteiger partial charge in [0.25, 0.3) is 0 Å². The average molecular weight is 263 g/mol. The van der Waals surface area contributed by atoms with Gasteiger partial charge in [0.1, 0.15) is 0 Å².